The first-order valence-electron chi connectivity index (χ1n) is 7.16. The van der Waals surface area contributed by atoms with Gasteiger partial charge in [-0.2, -0.15) is 0 Å². The third kappa shape index (κ3) is 4.55. The van der Waals surface area contributed by atoms with E-state index in [9.17, 15) is 14.7 Å². The van der Waals surface area contributed by atoms with E-state index in [1.165, 1.54) is 6.07 Å². The van der Waals surface area contributed by atoms with Gasteiger partial charge in [-0.15, -0.1) is 0 Å². The van der Waals surface area contributed by atoms with Crippen LogP contribution in [0.3, 0.4) is 0 Å². The number of carbonyl (C=O) groups is 2. The van der Waals surface area contributed by atoms with E-state index >= 15 is 0 Å². The molecule has 6 heteroatoms. The summed E-state index contributed by atoms with van der Waals surface area (Å²) in [4.78, 5) is 23.7. The van der Waals surface area contributed by atoms with Crippen molar-refractivity contribution in [1.29, 1.82) is 0 Å². The first-order valence-corrected chi connectivity index (χ1v) is 7.16. The number of amides is 2. The number of nitrogens with two attached hydrogens (primary N) is 1. The highest BCUT2D eigenvalue weighted by atomic mass is 16.3. The summed E-state index contributed by atoms with van der Waals surface area (Å²) in [5.74, 6) is -1.69. The standard InChI is InChI=1S/C17H19N3O3/c1-11-5-6-14(15(21)7-11)20-17(23)16(22)19-10-13-4-2-3-12(8-13)9-18/h2-8,21H,9-10,18H2,1H3,(H,19,22)(H,20,23). The highest BCUT2D eigenvalue weighted by molar-refractivity contribution is 6.39. The molecule has 0 saturated heterocycles. The van der Waals surface area contributed by atoms with Crippen LogP contribution < -0.4 is 16.4 Å². The van der Waals surface area contributed by atoms with Crippen LogP contribution in [0.4, 0.5) is 5.69 Å². The summed E-state index contributed by atoms with van der Waals surface area (Å²) in [6, 6.07) is 12.2. The van der Waals surface area contributed by atoms with Crippen LogP contribution in [0.1, 0.15) is 16.7 Å². The molecule has 2 rings (SSSR count). The molecule has 0 spiro atoms. The Morgan fingerprint density at radius 3 is 2.52 bits per heavy atom. The minimum Gasteiger partial charge on any atom is -0.506 e. The van der Waals surface area contributed by atoms with Crippen LogP contribution in [0.5, 0.6) is 5.75 Å². The van der Waals surface area contributed by atoms with Gasteiger partial charge in [0.25, 0.3) is 0 Å². The second-order valence-corrected chi connectivity index (χ2v) is 5.18. The highest BCUT2D eigenvalue weighted by Gasteiger charge is 2.15. The smallest absolute Gasteiger partial charge is 0.313 e. The molecule has 0 aliphatic rings. The van der Waals surface area contributed by atoms with Crippen LogP contribution in [-0.2, 0) is 22.7 Å². The number of phenols is 1. The zero-order valence-electron chi connectivity index (χ0n) is 12.8. The number of hydrogen-bond acceptors (Lipinski definition) is 4. The summed E-state index contributed by atoms with van der Waals surface area (Å²) in [5.41, 5.74) is 8.41. The van der Waals surface area contributed by atoms with Gasteiger partial charge in [0.2, 0.25) is 0 Å². The fraction of sp³-hybridized carbons (Fsp3) is 0.176. The zero-order chi connectivity index (χ0) is 16.8. The van der Waals surface area contributed by atoms with E-state index in [-0.39, 0.29) is 18.0 Å². The van der Waals surface area contributed by atoms with E-state index in [4.69, 9.17) is 5.73 Å². The molecule has 2 aromatic carbocycles. The molecule has 0 unspecified atom stereocenters. The van der Waals surface area contributed by atoms with E-state index in [0.29, 0.717) is 6.54 Å². The first kappa shape index (κ1) is 16.5. The van der Waals surface area contributed by atoms with E-state index in [1.54, 1.807) is 12.1 Å². The molecule has 0 fully saturated rings. The largest absolute Gasteiger partial charge is 0.506 e. The molecule has 0 bridgehead atoms. The van der Waals surface area contributed by atoms with Gasteiger partial charge in [0.05, 0.1) is 5.69 Å². The first-order chi connectivity index (χ1) is 11.0. The quantitative estimate of drug-likeness (QED) is 0.506. The molecule has 23 heavy (non-hydrogen) atoms. The minimum atomic E-state index is -0.834. The zero-order valence-corrected chi connectivity index (χ0v) is 12.8. The van der Waals surface area contributed by atoms with Crippen LogP contribution in [-0.4, -0.2) is 16.9 Å². The van der Waals surface area contributed by atoms with Gasteiger partial charge in [-0.05, 0) is 35.7 Å². The van der Waals surface area contributed by atoms with Gasteiger partial charge >= 0.3 is 11.8 Å². The maximum atomic E-state index is 11.8. The van der Waals surface area contributed by atoms with E-state index in [0.717, 1.165) is 16.7 Å². The Bertz CT molecular complexity index is 729. The third-order valence-corrected chi connectivity index (χ3v) is 3.29. The predicted molar refractivity (Wildman–Crippen MR) is 87.7 cm³/mol. The van der Waals surface area contributed by atoms with Gasteiger partial charge in [-0.3, -0.25) is 9.59 Å². The van der Waals surface area contributed by atoms with Crippen LogP contribution in [0, 0.1) is 6.92 Å². The van der Waals surface area contributed by atoms with Crippen molar-refractivity contribution in [1.82, 2.24) is 5.32 Å². The number of aromatic hydroxyl groups is 1. The Kier molecular flexibility index (Phi) is 5.32. The average Bonchev–Trinajstić information content (AvgIpc) is 2.55. The minimum absolute atomic E-state index is 0.0817. The van der Waals surface area contributed by atoms with Crippen molar-refractivity contribution in [2.75, 3.05) is 5.32 Å². The molecule has 2 aromatic rings. The molecular weight excluding hydrogens is 294 g/mol. The summed E-state index contributed by atoms with van der Waals surface area (Å²) < 4.78 is 0. The van der Waals surface area contributed by atoms with Crippen molar-refractivity contribution in [3.05, 3.63) is 59.2 Å². The number of benzene rings is 2. The second-order valence-electron chi connectivity index (χ2n) is 5.18. The van der Waals surface area contributed by atoms with Crippen LogP contribution >= 0.6 is 0 Å². The van der Waals surface area contributed by atoms with E-state index in [2.05, 4.69) is 10.6 Å². The Morgan fingerprint density at radius 2 is 1.83 bits per heavy atom. The molecule has 0 aliphatic carbocycles. The second kappa shape index (κ2) is 7.42. The Labute approximate surface area is 134 Å². The van der Waals surface area contributed by atoms with Crippen LogP contribution in [0.15, 0.2) is 42.5 Å². The number of phenolic OH excluding ortho intramolecular Hbond substituents is 1. The lowest BCUT2D eigenvalue weighted by Crippen LogP contribution is -2.35. The summed E-state index contributed by atoms with van der Waals surface area (Å²) in [6.45, 7) is 2.45. The maximum absolute atomic E-state index is 11.8. The Balaban J connectivity index is 1.93. The number of nitrogens with one attached hydrogen (secondary N) is 2. The van der Waals surface area contributed by atoms with Crippen molar-refractivity contribution < 1.29 is 14.7 Å². The van der Waals surface area contributed by atoms with Crippen molar-refractivity contribution in [2.24, 2.45) is 5.73 Å². The topological polar surface area (TPSA) is 104 Å². The highest BCUT2D eigenvalue weighted by Crippen LogP contribution is 2.23. The molecule has 5 N–H and O–H groups in total. The Hall–Kier alpha value is -2.86. The van der Waals surface area contributed by atoms with E-state index < -0.39 is 11.8 Å². The van der Waals surface area contributed by atoms with Gasteiger partial charge in [0.15, 0.2) is 0 Å². The van der Waals surface area contributed by atoms with E-state index in [1.807, 2.05) is 31.2 Å². The molecule has 0 heterocycles. The lowest BCUT2D eigenvalue weighted by atomic mass is 10.1. The SMILES string of the molecule is Cc1ccc(NC(=O)C(=O)NCc2cccc(CN)c2)c(O)c1. The number of rotatable bonds is 4. The monoisotopic (exact) mass is 313 g/mol. The maximum Gasteiger partial charge on any atom is 0.313 e. The molecule has 0 radical (unpaired) electrons. The summed E-state index contributed by atoms with van der Waals surface area (Å²) in [5, 5.41) is 14.6. The number of anilines is 1. The summed E-state index contributed by atoms with van der Waals surface area (Å²) >= 11 is 0. The average molecular weight is 313 g/mol. The summed E-state index contributed by atoms with van der Waals surface area (Å²) in [6.07, 6.45) is 0. The van der Waals surface area contributed by atoms with Crippen molar-refractivity contribution in [2.45, 2.75) is 20.0 Å². The van der Waals surface area contributed by atoms with Gasteiger partial charge in [-0.1, -0.05) is 30.3 Å². The molecule has 120 valence electrons. The van der Waals surface area contributed by atoms with Crippen LogP contribution in [0.25, 0.3) is 0 Å². The van der Waals surface area contributed by atoms with Crippen molar-refractivity contribution >= 4 is 17.5 Å². The predicted octanol–water partition coefficient (Wildman–Crippen LogP) is 1.41. The molecule has 6 nitrogen and oxygen atoms in total. The molecule has 0 aliphatic heterocycles. The fourth-order valence-electron chi connectivity index (χ4n) is 2.06. The molecule has 0 aromatic heterocycles. The van der Waals surface area contributed by atoms with Gasteiger partial charge in [0.1, 0.15) is 5.75 Å². The normalized spacial score (nSPS) is 10.2. The lowest BCUT2D eigenvalue weighted by molar-refractivity contribution is -0.136. The fourth-order valence-corrected chi connectivity index (χ4v) is 2.06. The number of aryl methyl sites for hydroxylation is 1. The molecule has 2 amide bonds. The molecular formula is C17H19N3O3. The van der Waals surface area contributed by atoms with Gasteiger partial charge in [0, 0.05) is 13.1 Å². The van der Waals surface area contributed by atoms with Gasteiger partial charge < -0.3 is 21.5 Å². The van der Waals surface area contributed by atoms with Crippen LogP contribution in [0.2, 0.25) is 0 Å². The third-order valence-electron chi connectivity index (χ3n) is 3.29. The Morgan fingerprint density at radius 1 is 1.09 bits per heavy atom. The lowest BCUT2D eigenvalue weighted by Gasteiger charge is -2.09. The summed E-state index contributed by atoms with van der Waals surface area (Å²) in [7, 11) is 0. The number of hydrogen-bond donors (Lipinski definition) is 4. The number of carbonyl (C=O) groups excluding carboxylic acids is 2. The molecule has 0 saturated carbocycles. The van der Waals surface area contributed by atoms with Crippen molar-refractivity contribution in [3.63, 3.8) is 0 Å². The molecule has 0 atom stereocenters. The van der Waals surface area contributed by atoms with Crippen molar-refractivity contribution in [3.8, 4) is 5.75 Å². The van der Waals surface area contributed by atoms with Gasteiger partial charge in [-0.25, -0.2) is 0 Å².